The third-order valence-electron chi connectivity index (χ3n) is 4.57. The van der Waals surface area contributed by atoms with Crippen molar-refractivity contribution in [2.75, 3.05) is 11.9 Å². The minimum Gasteiger partial charge on any atom is -0.456 e. The molecule has 4 atom stereocenters. The lowest BCUT2D eigenvalue weighted by Crippen LogP contribution is -2.40. The molecule has 2 aliphatic rings. The van der Waals surface area contributed by atoms with Crippen LogP contribution < -0.4 is 11.0 Å². The number of hydrogen-bond donors (Lipinski definition) is 1. The molecule has 1 saturated heterocycles. The molecule has 11 nitrogen and oxygen atoms in total. The molecule has 1 aliphatic heterocycles. The number of hydrogen-bond acceptors (Lipinski definition) is 9. The highest BCUT2D eigenvalue weighted by atomic mass is 127. The van der Waals surface area contributed by atoms with Crippen molar-refractivity contribution in [1.82, 2.24) is 9.55 Å². The topological polar surface area (TPSA) is 135 Å². The predicted molar refractivity (Wildman–Crippen MR) is 110 cm³/mol. The number of ether oxygens (including phenoxy) is 4. The Morgan fingerprint density at radius 1 is 1.23 bits per heavy atom. The predicted octanol–water partition coefficient (Wildman–Crippen LogP) is 1.59. The van der Waals surface area contributed by atoms with Crippen molar-refractivity contribution in [2.24, 2.45) is 5.92 Å². The Labute approximate surface area is 185 Å². The van der Waals surface area contributed by atoms with Gasteiger partial charge in [-0.2, -0.15) is 4.98 Å². The van der Waals surface area contributed by atoms with Crippen LogP contribution in [0.4, 0.5) is 10.6 Å². The number of carbonyl (C=O) groups is 3. The summed E-state index contributed by atoms with van der Waals surface area (Å²) < 4.78 is 22.9. The van der Waals surface area contributed by atoms with Gasteiger partial charge < -0.3 is 18.9 Å². The molecule has 1 aromatic rings. The van der Waals surface area contributed by atoms with Crippen LogP contribution in [0.2, 0.25) is 0 Å². The van der Waals surface area contributed by atoms with E-state index in [1.165, 1.54) is 20.0 Å². The van der Waals surface area contributed by atoms with Crippen molar-refractivity contribution in [2.45, 2.75) is 58.2 Å². The molecule has 2 unspecified atom stereocenters. The van der Waals surface area contributed by atoms with Crippen molar-refractivity contribution >= 4 is 46.4 Å². The van der Waals surface area contributed by atoms with E-state index in [-0.39, 0.29) is 5.82 Å². The number of aromatic nitrogens is 2. The summed E-state index contributed by atoms with van der Waals surface area (Å²) in [6.07, 6.45) is -0.831. The van der Waals surface area contributed by atoms with Gasteiger partial charge in [-0.1, -0.05) is 0 Å². The zero-order valence-electron chi connectivity index (χ0n) is 16.6. The van der Waals surface area contributed by atoms with Crippen molar-refractivity contribution in [3.05, 3.63) is 20.3 Å². The summed E-state index contributed by atoms with van der Waals surface area (Å²) in [5.41, 5.74) is -0.745. The fraction of sp³-hybridized carbons (Fsp3) is 0.611. The number of anilines is 1. The van der Waals surface area contributed by atoms with E-state index in [0.717, 1.165) is 17.4 Å². The van der Waals surface area contributed by atoms with Gasteiger partial charge in [0.25, 0.3) is 0 Å². The molecule has 3 rings (SSSR count). The van der Waals surface area contributed by atoms with Crippen LogP contribution in [0.1, 0.15) is 39.8 Å². The molecule has 2 heterocycles. The van der Waals surface area contributed by atoms with Crippen LogP contribution in [0.3, 0.4) is 0 Å². The van der Waals surface area contributed by atoms with Crippen molar-refractivity contribution in [3.8, 4) is 0 Å². The van der Waals surface area contributed by atoms with E-state index >= 15 is 0 Å². The largest absolute Gasteiger partial charge is 0.456 e. The van der Waals surface area contributed by atoms with Gasteiger partial charge in [-0.05, 0) is 48.3 Å². The summed E-state index contributed by atoms with van der Waals surface area (Å²) >= 11 is 1.90. The zero-order chi connectivity index (χ0) is 22.0. The number of esters is 2. The number of nitrogens with zero attached hydrogens (tertiary/aromatic N) is 2. The van der Waals surface area contributed by atoms with Gasteiger partial charge in [-0.15, -0.1) is 0 Å². The van der Waals surface area contributed by atoms with Crippen LogP contribution >= 0.6 is 22.6 Å². The summed E-state index contributed by atoms with van der Waals surface area (Å²) in [5.74, 6) is -0.741. The van der Waals surface area contributed by atoms with Crippen LogP contribution in [0.25, 0.3) is 0 Å². The number of halogens is 1. The fourth-order valence-corrected chi connectivity index (χ4v) is 3.58. The highest BCUT2D eigenvalue weighted by molar-refractivity contribution is 14.1. The Balaban J connectivity index is 1.81. The minimum absolute atomic E-state index is 0.0456. The number of nitrogens with one attached hydrogen (secondary N) is 1. The van der Waals surface area contributed by atoms with E-state index in [9.17, 15) is 19.2 Å². The molecule has 1 saturated carbocycles. The van der Waals surface area contributed by atoms with Gasteiger partial charge in [0.15, 0.2) is 24.3 Å². The lowest BCUT2D eigenvalue weighted by Gasteiger charge is -2.23. The Bertz CT molecular complexity index is 900. The molecule has 0 bridgehead atoms. The molecule has 0 aromatic carbocycles. The first-order valence-electron chi connectivity index (χ1n) is 9.38. The summed E-state index contributed by atoms with van der Waals surface area (Å²) in [6, 6.07) is 0. The highest BCUT2D eigenvalue weighted by Crippen LogP contribution is 2.33. The maximum Gasteiger partial charge on any atom is 0.412 e. The third-order valence-corrected chi connectivity index (χ3v) is 5.36. The Hall–Kier alpha value is -2.22. The fourth-order valence-electron chi connectivity index (χ4n) is 3.03. The third kappa shape index (κ3) is 5.47. The molecular formula is C18H22IN3O8. The highest BCUT2D eigenvalue weighted by Gasteiger charge is 2.48. The summed E-state index contributed by atoms with van der Waals surface area (Å²) in [4.78, 5) is 51.4. The first-order valence-corrected chi connectivity index (χ1v) is 10.5. The van der Waals surface area contributed by atoms with E-state index in [2.05, 4.69) is 10.3 Å². The summed E-state index contributed by atoms with van der Waals surface area (Å²) in [6.45, 7) is 4.40. The van der Waals surface area contributed by atoms with Gasteiger partial charge in [0.2, 0.25) is 0 Å². The quantitative estimate of drug-likeness (QED) is 0.327. The molecule has 1 aromatic heterocycles. The average molecular weight is 535 g/mol. The molecule has 2 fully saturated rings. The Kier molecular flexibility index (Phi) is 6.95. The molecule has 12 heteroatoms. The standard InChI is InChI=1S/C18H22IN3O8/c1-8-13(29-9(2)23)14(30-10(3)24)16(28-8)22-6-12(19)15(20-17(22)25)21-18(26)27-7-11-4-5-11/h6,8,11,13-14,16H,4-5,7H2,1-3H3,(H,20,21,25,26)/t8-,13?,14?,16-/m1/s1. The van der Waals surface area contributed by atoms with E-state index in [0.29, 0.717) is 16.1 Å². The second-order valence-corrected chi connectivity index (χ2v) is 8.34. The number of amides is 1. The van der Waals surface area contributed by atoms with Gasteiger partial charge in [-0.3, -0.25) is 19.5 Å². The van der Waals surface area contributed by atoms with Crippen LogP contribution in [0, 0.1) is 9.49 Å². The van der Waals surface area contributed by atoms with E-state index in [1.54, 1.807) is 6.92 Å². The van der Waals surface area contributed by atoms with E-state index in [1.807, 2.05) is 22.6 Å². The average Bonchev–Trinajstić information content (AvgIpc) is 3.43. The zero-order valence-corrected chi connectivity index (χ0v) is 18.8. The maximum atomic E-state index is 12.6. The second-order valence-electron chi connectivity index (χ2n) is 7.17. The SMILES string of the molecule is CC(=O)OC1C(OC(C)=O)[C@@H](C)O[C@H]1n1cc(I)c(NC(=O)OCC2CC2)nc1=O. The van der Waals surface area contributed by atoms with Gasteiger partial charge >= 0.3 is 23.7 Å². The molecule has 164 valence electrons. The molecule has 0 spiro atoms. The van der Waals surface area contributed by atoms with Gasteiger partial charge in [0.1, 0.15) is 0 Å². The van der Waals surface area contributed by atoms with E-state index in [4.69, 9.17) is 18.9 Å². The number of carbonyl (C=O) groups excluding carboxylic acids is 3. The van der Waals surface area contributed by atoms with Gasteiger partial charge in [0, 0.05) is 20.0 Å². The first-order chi connectivity index (χ1) is 14.2. The molecular weight excluding hydrogens is 513 g/mol. The van der Waals surface area contributed by atoms with Crippen LogP contribution in [0.5, 0.6) is 0 Å². The van der Waals surface area contributed by atoms with Crippen LogP contribution in [0.15, 0.2) is 11.0 Å². The van der Waals surface area contributed by atoms with Crippen LogP contribution in [-0.4, -0.2) is 52.5 Å². The smallest absolute Gasteiger partial charge is 0.412 e. The molecule has 1 N–H and O–H groups in total. The lowest BCUT2D eigenvalue weighted by atomic mass is 10.1. The van der Waals surface area contributed by atoms with Gasteiger partial charge in [-0.25, -0.2) is 9.59 Å². The monoisotopic (exact) mass is 535 g/mol. The Morgan fingerprint density at radius 2 is 1.87 bits per heavy atom. The normalized spacial score (nSPS) is 25.5. The Morgan fingerprint density at radius 3 is 2.47 bits per heavy atom. The molecule has 1 aliphatic carbocycles. The lowest BCUT2D eigenvalue weighted by molar-refractivity contribution is -0.165. The van der Waals surface area contributed by atoms with Crippen molar-refractivity contribution in [3.63, 3.8) is 0 Å². The molecule has 0 radical (unpaired) electrons. The van der Waals surface area contributed by atoms with Gasteiger partial charge in [0.05, 0.1) is 16.3 Å². The maximum absolute atomic E-state index is 12.6. The van der Waals surface area contributed by atoms with E-state index < -0.39 is 48.3 Å². The summed E-state index contributed by atoms with van der Waals surface area (Å²) in [7, 11) is 0. The summed E-state index contributed by atoms with van der Waals surface area (Å²) in [5, 5.41) is 2.45. The second kappa shape index (κ2) is 9.29. The number of rotatable bonds is 6. The van der Waals surface area contributed by atoms with Crippen molar-refractivity contribution < 1.29 is 33.3 Å². The molecule has 1 amide bonds. The minimum atomic E-state index is -1.06. The van der Waals surface area contributed by atoms with Crippen LogP contribution in [-0.2, 0) is 28.5 Å². The first kappa shape index (κ1) is 22.5. The molecule has 30 heavy (non-hydrogen) atoms. The van der Waals surface area contributed by atoms with Crippen molar-refractivity contribution in [1.29, 1.82) is 0 Å².